The highest BCUT2D eigenvalue weighted by Crippen LogP contribution is 2.32. The molecule has 3 heterocycles. The first kappa shape index (κ1) is 27.7. The monoisotopic (exact) mass is 549 g/mol. The first-order valence-electron chi connectivity index (χ1n) is 13.6. The first-order valence-corrected chi connectivity index (χ1v) is 13.6. The number of halogens is 2. The summed E-state index contributed by atoms with van der Waals surface area (Å²) in [6.07, 6.45) is 1.08. The molecule has 7 nitrogen and oxygen atoms in total. The quantitative estimate of drug-likeness (QED) is 0.363. The minimum absolute atomic E-state index is 0.00135. The number of carbonyl (C=O) groups is 2. The van der Waals surface area contributed by atoms with Crippen LogP contribution in [0, 0.1) is 17.6 Å². The van der Waals surface area contributed by atoms with Crippen LogP contribution in [-0.4, -0.2) is 51.4 Å². The van der Waals surface area contributed by atoms with Gasteiger partial charge in [0, 0.05) is 37.8 Å². The molecule has 0 spiro atoms. The molecule has 1 fully saturated rings. The minimum Gasteiger partial charge on any atom is -0.483 e. The Morgan fingerprint density at radius 1 is 1.07 bits per heavy atom. The number of fused-ring (bicyclic) bond motifs is 2. The van der Waals surface area contributed by atoms with Crippen molar-refractivity contribution in [2.75, 3.05) is 13.1 Å². The number of Topliss-reactive ketones (excluding diaryl/α,β-unsaturated/α-hetero) is 1. The Morgan fingerprint density at radius 3 is 2.52 bits per heavy atom. The summed E-state index contributed by atoms with van der Waals surface area (Å²) >= 11 is 0. The Balaban J connectivity index is 1.51. The van der Waals surface area contributed by atoms with Crippen molar-refractivity contribution in [2.45, 2.75) is 59.0 Å². The number of rotatable bonds is 9. The van der Waals surface area contributed by atoms with Crippen molar-refractivity contribution in [3.8, 4) is 5.75 Å². The van der Waals surface area contributed by atoms with Crippen molar-refractivity contribution < 1.29 is 23.1 Å². The summed E-state index contributed by atoms with van der Waals surface area (Å²) in [4.78, 5) is 44.9. The third kappa shape index (κ3) is 5.43. The summed E-state index contributed by atoms with van der Waals surface area (Å²) in [6, 6.07) is 12.6. The molecule has 0 N–H and O–H groups in total. The summed E-state index contributed by atoms with van der Waals surface area (Å²) in [5.41, 5.74) is 0.352. The van der Waals surface area contributed by atoms with E-state index in [9.17, 15) is 23.2 Å². The predicted molar refractivity (Wildman–Crippen MR) is 146 cm³/mol. The normalized spacial score (nSPS) is 18.6. The van der Waals surface area contributed by atoms with E-state index in [2.05, 4.69) is 25.7 Å². The Hall–Kier alpha value is -3.85. The molecule has 1 unspecified atom stereocenters. The van der Waals surface area contributed by atoms with E-state index in [1.54, 1.807) is 9.47 Å². The summed E-state index contributed by atoms with van der Waals surface area (Å²) in [5.74, 6) is -2.01. The zero-order valence-electron chi connectivity index (χ0n) is 22.9. The van der Waals surface area contributed by atoms with E-state index in [4.69, 9.17) is 4.74 Å². The highest BCUT2D eigenvalue weighted by Gasteiger charge is 2.45. The first-order chi connectivity index (χ1) is 19.1. The van der Waals surface area contributed by atoms with Gasteiger partial charge in [-0.3, -0.25) is 19.3 Å². The maximum Gasteiger partial charge on any atom is 0.275 e. The average Bonchev–Trinajstić information content (AvgIpc) is 3.22. The van der Waals surface area contributed by atoms with Crippen molar-refractivity contribution in [1.29, 1.82) is 0 Å². The number of hydrogen-bond acceptors (Lipinski definition) is 5. The number of ether oxygens (including phenoxy) is 1. The Labute approximate surface area is 232 Å². The van der Waals surface area contributed by atoms with Crippen LogP contribution >= 0.6 is 0 Å². The van der Waals surface area contributed by atoms with Gasteiger partial charge >= 0.3 is 0 Å². The van der Waals surface area contributed by atoms with E-state index in [1.807, 2.05) is 30.3 Å². The molecular weight excluding hydrogens is 516 g/mol. The van der Waals surface area contributed by atoms with Gasteiger partial charge in [-0.15, -0.1) is 0 Å². The molecule has 1 amide bonds. The number of nitrogens with zero attached hydrogens (tertiary/aromatic N) is 3. The molecule has 2 aliphatic rings. The van der Waals surface area contributed by atoms with E-state index in [0.717, 1.165) is 24.2 Å². The van der Waals surface area contributed by atoms with Gasteiger partial charge in [0.25, 0.3) is 5.91 Å². The lowest BCUT2D eigenvalue weighted by atomic mass is 10.0. The highest BCUT2D eigenvalue weighted by molar-refractivity contribution is 6.00. The topological polar surface area (TPSA) is 71.9 Å². The lowest BCUT2D eigenvalue weighted by Crippen LogP contribution is -2.51. The third-order valence-corrected chi connectivity index (χ3v) is 7.57. The molecule has 2 aliphatic heterocycles. The van der Waals surface area contributed by atoms with Gasteiger partial charge < -0.3 is 14.2 Å². The van der Waals surface area contributed by atoms with Crippen LogP contribution < -0.4 is 10.2 Å². The van der Waals surface area contributed by atoms with Gasteiger partial charge in [-0.1, -0.05) is 50.2 Å². The molecule has 1 saturated heterocycles. The maximum absolute atomic E-state index is 14.2. The largest absolute Gasteiger partial charge is 0.483 e. The SMILES string of the molecule is CC(C)CN1C2Cn3cc(C(=O)CCc4ccc(F)cc4F)c(=O)c(OCc4ccccc4)c3C(=O)N2C[C@@H]1C. The fourth-order valence-electron chi connectivity index (χ4n) is 5.61. The van der Waals surface area contributed by atoms with E-state index < -0.39 is 22.8 Å². The van der Waals surface area contributed by atoms with E-state index in [1.165, 1.54) is 12.3 Å². The van der Waals surface area contributed by atoms with Crippen LogP contribution in [0.4, 0.5) is 8.78 Å². The molecule has 2 atom stereocenters. The molecule has 0 radical (unpaired) electrons. The molecule has 2 aromatic carbocycles. The number of aryl methyl sites for hydroxylation is 1. The second-order valence-electron chi connectivity index (χ2n) is 11.0. The van der Waals surface area contributed by atoms with Gasteiger partial charge in [-0.2, -0.15) is 0 Å². The number of amides is 1. The van der Waals surface area contributed by atoms with Crippen LogP contribution in [-0.2, 0) is 19.6 Å². The molecule has 5 rings (SSSR count). The summed E-state index contributed by atoms with van der Waals surface area (Å²) in [7, 11) is 0. The number of benzene rings is 2. The van der Waals surface area contributed by atoms with Crippen molar-refractivity contribution >= 4 is 11.7 Å². The Morgan fingerprint density at radius 2 is 1.82 bits per heavy atom. The van der Waals surface area contributed by atoms with Crippen LogP contribution in [0.2, 0.25) is 0 Å². The van der Waals surface area contributed by atoms with E-state index >= 15 is 0 Å². The Bertz CT molecular complexity index is 1490. The van der Waals surface area contributed by atoms with Crippen LogP contribution in [0.5, 0.6) is 5.75 Å². The predicted octanol–water partition coefficient (Wildman–Crippen LogP) is 4.66. The second kappa shape index (κ2) is 11.3. The molecule has 0 bridgehead atoms. The smallest absolute Gasteiger partial charge is 0.275 e. The number of carbonyl (C=O) groups excluding carboxylic acids is 2. The Kier molecular flexibility index (Phi) is 7.85. The lowest BCUT2D eigenvalue weighted by Gasteiger charge is -2.37. The summed E-state index contributed by atoms with van der Waals surface area (Å²) < 4.78 is 35.2. The van der Waals surface area contributed by atoms with Crippen molar-refractivity contribution in [1.82, 2.24) is 14.4 Å². The molecule has 3 aromatic rings. The number of pyridine rings is 1. The minimum atomic E-state index is -0.742. The standard InChI is InChI=1S/C31H33F2N3O4/c1-19(2)14-35-20(3)15-36-27(35)17-34-16-24(26(37)12-10-22-9-11-23(32)13-25(22)33)29(38)30(28(34)31(36)39)40-18-21-7-5-4-6-8-21/h4-9,11,13,16,19-20,27H,10,12,14-15,17-18H2,1-3H3/t20-,27?/m0/s1. The van der Waals surface area contributed by atoms with Crippen LogP contribution in [0.1, 0.15) is 59.2 Å². The van der Waals surface area contributed by atoms with Gasteiger partial charge in [-0.25, -0.2) is 8.78 Å². The van der Waals surface area contributed by atoms with E-state index in [0.29, 0.717) is 19.0 Å². The van der Waals surface area contributed by atoms with Crippen molar-refractivity contribution in [3.05, 3.63) is 99.0 Å². The third-order valence-electron chi connectivity index (χ3n) is 7.57. The zero-order valence-corrected chi connectivity index (χ0v) is 22.9. The van der Waals surface area contributed by atoms with Crippen LogP contribution in [0.3, 0.4) is 0 Å². The lowest BCUT2D eigenvalue weighted by molar-refractivity contribution is 0.0462. The summed E-state index contributed by atoms with van der Waals surface area (Å²) in [5, 5.41) is 0. The average molecular weight is 550 g/mol. The molecule has 40 heavy (non-hydrogen) atoms. The fraction of sp³-hybridized carbons (Fsp3) is 0.387. The zero-order chi connectivity index (χ0) is 28.6. The second-order valence-corrected chi connectivity index (χ2v) is 11.0. The van der Waals surface area contributed by atoms with Gasteiger partial charge in [0.05, 0.1) is 12.1 Å². The number of aromatic nitrogens is 1. The molecule has 210 valence electrons. The fourth-order valence-corrected chi connectivity index (χ4v) is 5.61. The number of ketones is 1. The molecule has 0 saturated carbocycles. The van der Waals surface area contributed by atoms with Crippen molar-refractivity contribution in [2.24, 2.45) is 5.92 Å². The highest BCUT2D eigenvalue weighted by atomic mass is 19.1. The molecule has 9 heteroatoms. The van der Waals surface area contributed by atoms with Crippen molar-refractivity contribution in [3.63, 3.8) is 0 Å². The molecular formula is C31H33F2N3O4. The number of hydrogen-bond donors (Lipinski definition) is 0. The summed E-state index contributed by atoms with van der Waals surface area (Å²) in [6.45, 7) is 8.10. The van der Waals surface area contributed by atoms with Crippen LogP contribution in [0.25, 0.3) is 0 Å². The van der Waals surface area contributed by atoms with Gasteiger partial charge in [0.15, 0.2) is 17.2 Å². The van der Waals surface area contributed by atoms with Gasteiger partial charge in [-0.05, 0) is 36.5 Å². The van der Waals surface area contributed by atoms with E-state index in [-0.39, 0.29) is 60.1 Å². The van der Waals surface area contributed by atoms with Gasteiger partial charge in [0.1, 0.15) is 24.4 Å². The molecule has 1 aromatic heterocycles. The maximum atomic E-state index is 14.2. The van der Waals surface area contributed by atoms with Gasteiger partial charge in [0.2, 0.25) is 5.43 Å². The van der Waals surface area contributed by atoms with Crippen LogP contribution in [0.15, 0.2) is 59.5 Å². The molecule has 0 aliphatic carbocycles.